The highest BCUT2D eigenvalue weighted by Gasteiger charge is 2.34. The lowest BCUT2D eigenvalue weighted by atomic mass is 10.1. The molecule has 1 aliphatic rings. The standard InChI is InChI=1S/C4H5NOS/c5-1-4(6)2-7-3-4/h6H,2-3H2. The Morgan fingerprint density at radius 2 is 2.29 bits per heavy atom. The van der Waals surface area contributed by atoms with Crippen molar-refractivity contribution in [3.8, 4) is 6.07 Å². The van der Waals surface area contributed by atoms with E-state index >= 15 is 0 Å². The van der Waals surface area contributed by atoms with Crippen molar-refractivity contribution in [1.29, 1.82) is 5.26 Å². The van der Waals surface area contributed by atoms with Gasteiger partial charge in [0, 0.05) is 11.5 Å². The molecule has 1 rings (SSSR count). The average Bonchev–Trinajstić information content (AvgIpc) is 1.61. The SMILES string of the molecule is N#CC1(O)CSC1. The van der Waals surface area contributed by atoms with E-state index in [-0.39, 0.29) is 0 Å². The molecular formula is C4H5NOS. The average molecular weight is 115 g/mol. The second-order valence-electron chi connectivity index (χ2n) is 1.64. The van der Waals surface area contributed by atoms with E-state index < -0.39 is 5.60 Å². The first-order valence-corrected chi connectivity index (χ1v) is 3.14. The van der Waals surface area contributed by atoms with Crippen LogP contribution in [0.4, 0.5) is 0 Å². The van der Waals surface area contributed by atoms with Crippen molar-refractivity contribution in [2.24, 2.45) is 0 Å². The van der Waals surface area contributed by atoms with Crippen molar-refractivity contribution < 1.29 is 5.11 Å². The Morgan fingerprint density at radius 1 is 1.71 bits per heavy atom. The van der Waals surface area contributed by atoms with Crippen molar-refractivity contribution in [3.63, 3.8) is 0 Å². The summed E-state index contributed by atoms with van der Waals surface area (Å²) in [5.74, 6) is 1.17. The van der Waals surface area contributed by atoms with Gasteiger partial charge < -0.3 is 5.11 Å². The Bertz CT molecular complexity index is 113. The fourth-order valence-electron chi connectivity index (χ4n) is 0.360. The molecule has 1 aliphatic heterocycles. The number of hydrogen-bond donors (Lipinski definition) is 1. The zero-order chi connectivity index (χ0) is 5.33. The van der Waals surface area contributed by atoms with Crippen LogP contribution >= 0.6 is 11.8 Å². The third kappa shape index (κ3) is 0.718. The van der Waals surface area contributed by atoms with Crippen LogP contribution in [0.5, 0.6) is 0 Å². The highest BCUT2D eigenvalue weighted by atomic mass is 32.2. The molecule has 1 N–H and O–H groups in total. The molecule has 2 nitrogen and oxygen atoms in total. The third-order valence-electron chi connectivity index (χ3n) is 0.890. The van der Waals surface area contributed by atoms with Crippen molar-refractivity contribution in [2.75, 3.05) is 11.5 Å². The molecule has 0 radical (unpaired) electrons. The molecule has 0 atom stereocenters. The first-order chi connectivity index (χ1) is 3.27. The van der Waals surface area contributed by atoms with E-state index in [2.05, 4.69) is 0 Å². The quantitative estimate of drug-likeness (QED) is 0.451. The summed E-state index contributed by atoms with van der Waals surface area (Å²) in [4.78, 5) is 0. The summed E-state index contributed by atoms with van der Waals surface area (Å²) in [7, 11) is 0. The van der Waals surface area contributed by atoms with Gasteiger partial charge in [0.2, 0.25) is 0 Å². The number of thioether (sulfide) groups is 1. The van der Waals surface area contributed by atoms with Gasteiger partial charge in [0.25, 0.3) is 0 Å². The van der Waals surface area contributed by atoms with Crippen LogP contribution in [-0.4, -0.2) is 22.2 Å². The summed E-state index contributed by atoms with van der Waals surface area (Å²) in [6.45, 7) is 0. The number of nitriles is 1. The van der Waals surface area contributed by atoms with E-state index in [4.69, 9.17) is 10.4 Å². The predicted molar refractivity (Wildman–Crippen MR) is 27.9 cm³/mol. The molecule has 38 valence electrons. The number of hydrogen-bond acceptors (Lipinski definition) is 3. The molecule has 1 fully saturated rings. The second kappa shape index (κ2) is 1.39. The van der Waals surface area contributed by atoms with Crippen LogP contribution in [0.25, 0.3) is 0 Å². The number of rotatable bonds is 0. The number of aliphatic hydroxyl groups is 1. The van der Waals surface area contributed by atoms with Crippen molar-refractivity contribution in [3.05, 3.63) is 0 Å². The Labute approximate surface area is 46.1 Å². The molecule has 0 saturated carbocycles. The monoisotopic (exact) mass is 115 g/mol. The van der Waals surface area contributed by atoms with Crippen LogP contribution in [0.3, 0.4) is 0 Å². The smallest absolute Gasteiger partial charge is 0.168 e. The Hall–Kier alpha value is -0.200. The van der Waals surface area contributed by atoms with Gasteiger partial charge in [0.15, 0.2) is 5.60 Å². The summed E-state index contributed by atoms with van der Waals surface area (Å²) in [6.07, 6.45) is 0. The molecule has 0 aromatic heterocycles. The fourth-order valence-corrected chi connectivity index (χ4v) is 1.08. The molecule has 7 heavy (non-hydrogen) atoms. The molecule has 0 aliphatic carbocycles. The molecule has 0 spiro atoms. The second-order valence-corrected chi connectivity index (χ2v) is 2.62. The van der Waals surface area contributed by atoms with Crippen LogP contribution in [-0.2, 0) is 0 Å². The van der Waals surface area contributed by atoms with Gasteiger partial charge in [0.05, 0.1) is 6.07 Å². The molecule has 0 bridgehead atoms. The first kappa shape index (κ1) is 4.95. The minimum atomic E-state index is -0.968. The molecule has 1 heterocycles. The third-order valence-corrected chi connectivity index (χ3v) is 2.25. The molecule has 1 saturated heterocycles. The molecule has 0 aromatic rings. The van der Waals surface area contributed by atoms with Gasteiger partial charge in [-0.1, -0.05) is 0 Å². The van der Waals surface area contributed by atoms with Gasteiger partial charge in [-0.05, 0) is 0 Å². The maximum atomic E-state index is 8.84. The molecule has 3 heteroatoms. The normalized spacial score (nSPS) is 25.1. The van der Waals surface area contributed by atoms with Gasteiger partial charge in [-0.15, -0.1) is 0 Å². The Morgan fingerprint density at radius 3 is 2.29 bits per heavy atom. The van der Waals surface area contributed by atoms with E-state index in [0.717, 1.165) is 0 Å². The first-order valence-electron chi connectivity index (χ1n) is 1.98. The predicted octanol–water partition coefficient (Wildman–Crippen LogP) is -0.0121. The van der Waals surface area contributed by atoms with Crippen LogP contribution in [0.2, 0.25) is 0 Å². The minimum Gasteiger partial charge on any atom is -0.374 e. The lowest BCUT2D eigenvalue weighted by Gasteiger charge is -2.27. The zero-order valence-corrected chi connectivity index (χ0v) is 4.53. The summed E-state index contributed by atoms with van der Waals surface area (Å²) >= 11 is 1.60. The lowest BCUT2D eigenvalue weighted by molar-refractivity contribution is 0.139. The molecular weight excluding hydrogens is 110 g/mol. The summed E-state index contributed by atoms with van der Waals surface area (Å²) in [5.41, 5.74) is -0.968. The van der Waals surface area contributed by atoms with Gasteiger partial charge in [-0.2, -0.15) is 17.0 Å². The highest BCUT2D eigenvalue weighted by Crippen LogP contribution is 2.27. The van der Waals surface area contributed by atoms with E-state index in [1.165, 1.54) is 0 Å². The topological polar surface area (TPSA) is 44.0 Å². The van der Waals surface area contributed by atoms with Gasteiger partial charge in [0.1, 0.15) is 0 Å². The summed E-state index contributed by atoms with van der Waals surface area (Å²) in [6, 6.07) is 1.81. The van der Waals surface area contributed by atoms with Crippen molar-refractivity contribution in [2.45, 2.75) is 5.60 Å². The summed E-state index contributed by atoms with van der Waals surface area (Å²) < 4.78 is 0. The Balaban J connectivity index is 2.48. The van der Waals surface area contributed by atoms with E-state index in [1.54, 1.807) is 11.8 Å². The maximum absolute atomic E-state index is 8.84. The molecule has 0 amide bonds. The van der Waals surface area contributed by atoms with Crippen LogP contribution in [0.1, 0.15) is 0 Å². The molecule has 0 unspecified atom stereocenters. The van der Waals surface area contributed by atoms with Crippen molar-refractivity contribution >= 4 is 11.8 Å². The number of nitrogens with zero attached hydrogens (tertiary/aromatic N) is 1. The van der Waals surface area contributed by atoms with E-state index in [1.807, 2.05) is 6.07 Å². The van der Waals surface area contributed by atoms with Gasteiger partial charge >= 0.3 is 0 Å². The minimum absolute atomic E-state index is 0.587. The van der Waals surface area contributed by atoms with E-state index in [9.17, 15) is 0 Å². The zero-order valence-electron chi connectivity index (χ0n) is 3.72. The highest BCUT2D eigenvalue weighted by molar-refractivity contribution is 8.00. The van der Waals surface area contributed by atoms with Gasteiger partial charge in [-0.25, -0.2) is 0 Å². The fraction of sp³-hybridized carbons (Fsp3) is 0.750. The van der Waals surface area contributed by atoms with Crippen LogP contribution in [0.15, 0.2) is 0 Å². The van der Waals surface area contributed by atoms with Crippen LogP contribution < -0.4 is 0 Å². The van der Waals surface area contributed by atoms with E-state index in [0.29, 0.717) is 11.5 Å². The van der Waals surface area contributed by atoms with Gasteiger partial charge in [-0.3, -0.25) is 0 Å². The largest absolute Gasteiger partial charge is 0.374 e. The van der Waals surface area contributed by atoms with Crippen LogP contribution in [0, 0.1) is 11.3 Å². The molecule has 0 aromatic carbocycles. The lowest BCUT2D eigenvalue weighted by Crippen LogP contribution is -2.41. The summed E-state index contributed by atoms with van der Waals surface area (Å²) in [5, 5.41) is 17.0. The maximum Gasteiger partial charge on any atom is 0.168 e. The van der Waals surface area contributed by atoms with Crippen molar-refractivity contribution in [1.82, 2.24) is 0 Å². The Kier molecular flexibility index (Phi) is 0.983.